The zero-order valence-electron chi connectivity index (χ0n) is 13.4. The molecule has 0 saturated carbocycles. The summed E-state index contributed by atoms with van der Waals surface area (Å²) in [5.74, 6) is -0.355. The van der Waals surface area contributed by atoms with Crippen LogP contribution in [0.5, 0.6) is 0 Å². The Balaban J connectivity index is 1.93. The van der Waals surface area contributed by atoms with Gasteiger partial charge in [0.15, 0.2) is 0 Å². The smallest absolute Gasteiger partial charge is 0.330 e. The molecule has 1 aliphatic rings. The number of benzene rings is 1. The molecule has 0 aliphatic carbocycles. The number of fused-ring (bicyclic) bond motifs is 1. The predicted octanol–water partition coefficient (Wildman–Crippen LogP) is 2.07. The Morgan fingerprint density at radius 2 is 2.04 bits per heavy atom. The molecule has 128 valence electrons. The largest absolute Gasteiger partial charge is 0.376 e. The molecule has 1 saturated heterocycles. The highest BCUT2D eigenvalue weighted by molar-refractivity contribution is 5.91. The molecule has 4 rings (SSSR count). The zero-order valence-corrected chi connectivity index (χ0v) is 13.4. The van der Waals surface area contributed by atoms with Gasteiger partial charge in [-0.3, -0.25) is 14.3 Å². The van der Waals surface area contributed by atoms with Crippen LogP contribution < -0.4 is 11.2 Å². The molecular formula is C18H16FN3O3. The van der Waals surface area contributed by atoms with E-state index in [0.717, 1.165) is 12.8 Å². The minimum Gasteiger partial charge on any atom is -0.376 e. The Morgan fingerprint density at radius 3 is 2.76 bits per heavy atom. The third kappa shape index (κ3) is 2.87. The number of halogens is 1. The van der Waals surface area contributed by atoms with Gasteiger partial charge in [0.05, 0.1) is 18.0 Å². The highest BCUT2D eigenvalue weighted by Gasteiger charge is 2.20. The van der Waals surface area contributed by atoms with Crippen LogP contribution in [-0.2, 0) is 11.3 Å². The van der Waals surface area contributed by atoms with Crippen molar-refractivity contribution in [1.82, 2.24) is 14.5 Å². The molecule has 3 aromatic rings. The van der Waals surface area contributed by atoms with Crippen LogP contribution in [0.1, 0.15) is 12.8 Å². The topological polar surface area (TPSA) is 77.0 Å². The molecule has 1 N–H and O–H groups in total. The van der Waals surface area contributed by atoms with Crippen molar-refractivity contribution in [1.29, 1.82) is 0 Å². The quantitative estimate of drug-likeness (QED) is 0.791. The van der Waals surface area contributed by atoms with E-state index in [2.05, 4.69) is 9.97 Å². The summed E-state index contributed by atoms with van der Waals surface area (Å²) in [7, 11) is 0. The van der Waals surface area contributed by atoms with Gasteiger partial charge in [-0.15, -0.1) is 0 Å². The molecule has 0 amide bonds. The number of nitrogens with one attached hydrogen (secondary N) is 1. The molecule has 2 aromatic heterocycles. The van der Waals surface area contributed by atoms with Gasteiger partial charge in [0.1, 0.15) is 11.5 Å². The standard InChI is InChI=1S/C18H16FN3O3/c19-12-5-3-11(4-6-12)14-7-8-20-16-15(14)17(23)21-18(24)22(16)10-13-2-1-9-25-13/h3-8,13H,1-2,9-10H2,(H,21,23,24)/t13-/m1/s1. The number of aromatic amines is 1. The van der Waals surface area contributed by atoms with E-state index in [1.807, 2.05) is 0 Å². The first-order chi connectivity index (χ1) is 12.1. The Kier molecular flexibility index (Phi) is 3.93. The van der Waals surface area contributed by atoms with Crippen LogP contribution >= 0.6 is 0 Å². The maximum atomic E-state index is 13.2. The van der Waals surface area contributed by atoms with Crippen LogP contribution in [0.15, 0.2) is 46.1 Å². The molecule has 0 bridgehead atoms. The van der Waals surface area contributed by atoms with Gasteiger partial charge in [-0.05, 0) is 42.2 Å². The maximum Gasteiger partial charge on any atom is 0.330 e. The van der Waals surface area contributed by atoms with Gasteiger partial charge in [0.2, 0.25) is 0 Å². The van der Waals surface area contributed by atoms with Gasteiger partial charge in [-0.2, -0.15) is 0 Å². The lowest BCUT2D eigenvalue weighted by Gasteiger charge is -2.14. The molecule has 1 atom stereocenters. The minimum atomic E-state index is -0.504. The molecule has 7 heteroatoms. The lowest BCUT2D eigenvalue weighted by atomic mass is 10.0. The number of hydrogen-bond acceptors (Lipinski definition) is 4. The fraction of sp³-hybridized carbons (Fsp3) is 0.278. The second kappa shape index (κ2) is 6.25. The van der Waals surface area contributed by atoms with Crippen molar-refractivity contribution in [2.45, 2.75) is 25.5 Å². The lowest BCUT2D eigenvalue weighted by Crippen LogP contribution is -2.34. The van der Waals surface area contributed by atoms with E-state index in [1.165, 1.54) is 16.7 Å². The van der Waals surface area contributed by atoms with E-state index in [0.29, 0.717) is 35.3 Å². The number of H-pyrrole nitrogens is 1. The van der Waals surface area contributed by atoms with E-state index in [4.69, 9.17) is 4.74 Å². The third-order valence-electron chi connectivity index (χ3n) is 4.44. The van der Waals surface area contributed by atoms with Gasteiger partial charge >= 0.3 is 5.69 Å². The predicted molar refractivity (Wildman–Crippen MR) is 91.0 cm³/mol. The summed E-state index contributed by atoms with van der Waals surface area (Å²) in [6.45, 7) is 1.01. The summed E-state index contributed by atoms with van der Waals surface area (Å²) >= 11 is 0. The summed E-state index contributed by atoms with van der Waals surface area (Å²) in [6.07, 6.45) is 3.30. The van der Waals surface area contributed by atoms with Crippen molar-refractivity contribution in [2.24, 2.45) is 0 Å². The first-order valence-corrected chi connectivity index (χ1v) is 8.13. The van der Waals surface area contributed by atoms with Gasteiger partial charge in [0.25, 0.3) is 5.56 Å². The summed E-state index contributed by atoms with van der Waals surface area (Å²) in [4.78, 5) is 31.4. The van der Waals surface area contributed by atoms with Gasteiger partial charge in [-0.25, -0.2) is 14.2 Å². The zero-order chi connectivity index (χ0) is 17.4. The molecule has 1 fully saturated rings. The number of nitrogens with zero attached hydrogens (tertiary/aromatic N) is 2. The number of rotatable bonds is 3. The van der Waals surface area contributed by atoms with Crippen molar-refractivity contribution in [3.63, 3.8) is 0 Å². The Hall–Kier alpha value is -2.80. The van der Waals surface area contributed by atoms with Gasteiger partial charge in [-0.1, -0.05) is 12.1 Å². The molecular weight excluding hydrogens is 325 g/mol. The molecule has 6 nitrogen and oxygen atoms in total. The monoisotopic (exact) mass is 341 g/mol. The average Bonchev–Trinajstić information content (AvgIpc) is 3.12. The SMILES string of the molecule is O=c1[nH]c(=O)n(C[C@H]2CCCO2)c2nccc(-c3ccc(F)cc3)c12. The lowest BCUT2D eigenvalue weighted by molar-refractivity contribution is 0.0967. The summed E-state index contributed by atoms with van der Waals surface area (Å²) in [5.41, 5.74) is 0.591. The van der Waals surface area contributed by atoms with Gasteiger partial charge < -0.3 is 4.74 Å². The van der Waals surface area contributed by atoms with Crippen molar-refractivity contribution in [2.75, 3.05) is 6.61 Å². The first kappa shape index (κ1) is 15.7. The second-order valence-electron chi connectivity index (χ2n) is 6.07. The highest BCUT2D eigenvalue weighted by Crippen LogP contribution is 2.25. The van der Waals surface area contributed by atoms with Crippen molar-refractivity contribution < 1.29 is 9.13 Å². The number of ether oxygens (including phenoxy) is 1. The number of hydrogen-bond donors (Lipinski definition) is 1. The Labute approximate surface area is 141 Å². The summed E-state index contributed by atoms with van der Waals surface area (Å²) in [5, 5.41) is 0.312. The first-order valence-electron chi connectivity index (χ1n) is 8.13. The molecule has 0 radical (unpaired) electrons. The second-order valence-corrected chi connectivity index (χ2v) is 6.07. The van der Waals surface area contributed by atoms with Crippen molar-refractivity contribution in [3.8, 4) is 11.1 Å². The highest BCUT2D eigenvalue weighted by atomic mass is 19.1. The number of aromatic nitrogens is 3. The van der Waals surface area contributed by atoms with E-state index in [9.17, 15) is 14.0 Å². The Morgan fingerprint density at radius 1 is 1.24 bits per heavy atom. The van der Waals surface area contributed by atoms with Crippen molar-refractivity contribution in [3.05, 3.63) is 63.2 Å². The molecule has 0 unspecified atom stereocenters. The van der Waals surface area contributed by atoms with Crippen LogP contribution in [-0.4, -0.2) is 27.2 Å². The fourth-order valence-corrected chi connectivity index (χ4v) is 3.23. The van der Waals surface area contributed by atoms with E-state index >= 15 is 0 Å². The Bertz CT molecular complexity index is 1030. The van der Waals surface area contributed by atoms with E-state index < -0.39 is 11.2 Å². The van der Waals surface area contributed by atoms with Crippen molar-refractivity contribution >= 4 is 11.0 Å². The van der Waals surface area contributed by atoms with Crippen LogP contribution in [0.25, 0.3) is 22.2 Å². The van der Waals surface area contributed by atoms with E-state index in [-0.39, 0.29) is 11.9 Å². The van der Waals surface area contributed by atoms with Crippen LogP contribution in [0.2, 0.25) is 0 Å². The molecule has 1 aliphatic heterocycles. The molecule has 25 heavy (non-hydrogen) atoms. The normalized spacial score (nSPS) is 17.2. The minimum absolute atomic E-state index is 0.0666. The van der Waals surface area contributed by atoms with Crippen LogP contribution in [0, 0.1) is 5.82 Å². The molecule has 3 heterocycles. The van der Waals surface area contributed by atoms with E-state index in [1.54, 1.807) is 24.4 Å². The van der Waals surface area contributed by atoms with Crippen LogP contribution in [0.3, 0.4) is 0 Å². The van der Waals surface area contributed by atoms with Crippen LogP contribution in [0.4, 0.5) is 4.39 Å². The van der Waals surface area contributed by atoms with Gasteiger partial charge in [0, 0.05) is 12.8 Å². The molecule has 0 spiro atoms. The molecule has 1 aromatic carbocycles. The maximum absolute atomic E-state index is 13.2. The average molecular weight is 341 g/mol. The third-order valence-corrected chi connectivity index (χ3v) is 4.44. The fourth-order valence-electron chi connectivity index (χ4n) is 3.23. The summed E-state index contributed by atoms with van der Waals surface area (Å²) < 4.78 is 20.2. The number of pyridine rings is 1. The summed E-state index contributed by atoms with van der Waals surface area (Å²) in [6, 6.07) is 7.54.